The van der Waals surface area contributed by atoms with Crippen molar-refractivity contribution < 1.29 is 4.79 Å². The standard InChI is InChI=1S/C13H24N2O/c1-5-11-13(16)15(7-10-6-9(10)4)12(14-11)8(2)3/h8-12,14H,5-7H2,1-4H3. The van der Waals surface area contributed by atoms with Crippen LogP contribution in [0.2, 0.25) is 0 Å². The van der Waals surface area contributed by atoms with Crippen molar-refractivity contribution in [2.24, 2.45) is 17.8 Å². The van der Waals surface area contributed by atoms with Crippen molar-refractivity contribution in [2.75, 3.05) is 6.54 Å². The zero-order valence-corrected chi connectivity index (χ0v) is 10.9. The van der Waals surface area contributed by atoms with Crippen molar-refractivity contribution in [3.63, 3.8) is 0 Å². The van der Waals surface area contributed by atoms with Crippen LogP contribution in [0.4, 0.5) is 0 Å². The Hall–Kier alpha value is -0.570. The summed E-state index contributed by atoms with van der Waals surface area (Å²) < 4.78 is 0. The van der Waals surface area contributed by atoms with Gasteiger partial charge in [-0.05, 0) is 30.6 Å². The van der Waals surface area contributed by atoms with E-state index in [0.717, 1.165) is 24.8 Å². The van der Waals surface area contributed by atoms with E-state index in [0.29, 0.717) is 11.8 Å². The van der Waals surface area contributed by atoms with Gasteiger partial charge >= 0.3 is 0 Å². The van der Waals surface area contributed by atoms with Crippen molar-refractivity contribution in [3.8, 4) is 0 Å². The highest BCUT2D eigenvalue weighted by molar-refractivity contribution is 5.84. The van der Waals surface area contributed by atoms with Gasteiger partial charge in [-0.3, -0.25) is 10.1 Å². The molecule has 0 bridgehead atoms. The van der Waals surface area contributed by atoms with E-state index in [1.54, 1.807) is 0 Å². The Labute approximate surface area is 98.6 Å². The van der Waals surface area contributed by atoms with Crippen molar-refractivity contribution in [1.29, 1.82) is 0 Å². The SMILES string of the molecule is CCC1NC(C(C)C)N(CC2CC2C)C1=O. The number of hydrogen-bond donors (Lipinski definition) is 1. The van der Waals surface area contributed by atoms with Crippen molar-refractivity contribution in [2.45, 2.75) is 52.7 Å². The monoisotopic (exact) mass is 224 g/mol. The topological polar surface area (TPSA) is 32.3 Å². The molecule has 2 fully saturated rings. The smallest absolute Gasteiger partial charge is 0.241 e. The average molecular weight is 224 g/mol. The summed E-state index contributed by atoms with van der Waals surface area (Å²) in [5.41, 5.74) is 0. The molecule has 3 nitrogen and oxygen atoms in total. The molecule has 0 aromatic rings. The van der Waals surface area contributed by atoms with Gasteiger partial charge in [-0.15, -0.1) is 0 Å². The molecule has 1 amide bonds. The molecule has 2 rings (SSSR count). The summed E-state index contributed by atoms with van der Waals surface area (Å²) in [5, 5.41) is 3.46. The molecule has 1 N–H and O–H groups in total. The molecule has 0 radical (unpaired) electrons. The molecule has 92 valence electrons. The first kappa shape index (κ1) is 11.9. The molecular weight excluding hydrogens is 200 g/mol. The fourth-order valence-electron chi connectivity index (χ4n) is 2.66. The van der Waals surface area contributed by atoms with E-state index in [9.17, 15) is 4.79 Å². The van der Waals surface area contributed by atoms with Crippen LogP contribution in [0.1, 0.15) is 40.5 Å². The minimum Gasteiger partial charge on any atom is -0.325 e. The van der Waals surface area contributed by atoms with Crippen LogP contribution in [0.15, 0.2) is 0 Å². The summed E-state index contributed by atoms with van der Waals surface area (Å²) in [7, 11) is 0. The third-order valence-corrected chi connectivity index (χ3v) is 4.04. The quantitative estimate of drug-likeness (QED) is 0.790. The molecular formula is C13H24N2O. The van der Waals surface area contributed by atoms with Gasteiger partial charge in [0.2, 0.25) is 5.91 Å². The highest BCUT2D eigenvalue weighted by Crippen LogP contribution is 2.39. The number of carbonyl (C=O) groups excluding carboxylic acids is 1. The minimum absolute atomic E-state index is 0.0569. The number of amides is 1. The Morgan fingerprint density at radius 2 is 2.12 bits per heavy atom. The minimum atomic E-state index is 0.0569. The van der Waals surface area contributed by atoms with Crippen LogP contribution in [-0.4, -0.2) is 29.6 Å². The zero-order chi connectivity index (χ0) is 11.9. The summed E-state index contributed by atoms with van der Waals surface area (Å²) in [4.78, 5) is 14.3. The third kappa shape index (κ3) is 2.10. The number of nitrogens with one attached hydrogen (secondary N) is 1. The van der Waals surface area contributed by atoms with Gasteiger partial charge in [0.15, 0.2) is 0 Å². The first-order valence-electron chi connectivity index (χ1n) is 6.61. The Morgan fingerprint density at radius 1 is 1.50 bits per heavy atom. The maximum absolute atomic E-state index is 12.2. The van der Waals surface area contributed by atoms with Crippen LogP contribution in [0.3, 0.4) is 0 Å². The second-order valence-corrected chi connectivity index (χ2v) is 5.78. The van der Waals surface area contributed by atoms with Crippen LogP contribution in [0.5, 0.6) is 0 Å². The van der Waals surface area contributed by atoms with Gasteiger partial charge in [-0.2, -0.15) is 0 Å². The van der Waals surface area contributed by atoms with Gasteiger partial charge in [0.05, 0.1) is 12.2 Å². The largest absolute Gasteiger partial charge is 0.325 e. The van der Waals surface area contributed by atoms with Gasteiger partial charge in [0.25, 0.3) is 0 Å². The molecule has 1 heterocycles. The number of hydrogen-bond acceptors (Lipinski definition) is 2. The second kappa shape index (κ2) is 4.36. The molecule has 1 saturated heterocycles. The van der Waals surface area contributed by atoms with Crippen LogP contribution < -0.4 is 5.32 Å². The second-order valence-electron chi connectivity index (χ2n) is 5.78. The molecule has 4 atom stereocenters. The number of carbonyl (C=O) groups is 1. The van der Waals surface area contributed by atoms with Gasteiger partial charge in [0.1, 0.15) is 0 Å². The summed E-state index contributed by atoms with van der Waals surface area (Å²) in [6.07, 6.45) is 2.45. The summed E-state index contributed by atoms with van der Waals surface area (Å²) in [6.45, 7) is 9.70. The molecule has 3 heteroatoms. The normalized spacial score (nSPS) is 38.6. The van der Waals surface area contributed by atoms with Crippen LogP contribution in [0.25, 0.3) is 0 Å². The van der Waals surface area contributed by atoms with Gasteiger partial charge in [-0.25, -0.2) is 0 Å². The maximum atomic E-state index is 12.2. The zero-order valence-electron chi connectivity index (χ0n) is 10.9. The molecule has 1 aliphatic heterocycles. The predicted molar refractivity (Wildman–Crippen MR) is 64.8 cm³/mol. The van der Waals surface area contributed by atoms with Crippen molar-refractivity contribution in [3.05, 3.63) is 0 Å². The van der Waals surface area contributed by atoms with Crippen LogP contribution in [0, 0.1) is 17.8 Å². The predicted octanol–water partition coefficient (Wildman–Crippen LogP) is 1.83. The molecule has 0 spiro atoms. The molecule has 1 aliphatic carbocycles. The first-order valence-corrected chi connectivity index (χ1v) is 6.61. The maximum Gasteiger partial charge on any atom is 0.241 e. The van der Waals surface area contributed by atoms with Crippen LogP contribution >= 0.6 is 0 Å². The van der Waals surface area contributed by atoms with Gasteiger partial charge < -0.3 is 4.90 Å². The highest BCUT2D eigenvalue weighted by atomic mass is 16.2. The van der Waals surface area contributed by atoms with E-state index in [4.69, 9.17) is 0 Å². The summed E-state index contributed by atoms with van der Waals surface area (Å²) in [5.74, 6) is 2.39. The lowest BCUT2D eigenvalue weighted by molar-refractivity contribution is -0.130. The molecule has 16 heavy (non-hydrogen) atoms. The molecule has 0 aromatic heterocycles. The molecule has 1 saturated carbocycles. The van der Waals surface area contributed by atoms with E-state index in [2.05, 4.69) is 37.9 Å². The fraction of sp³-hybridized carbons (Fsp3) is 0.923. The summed E-state index contributed by atoms with van der Waals surface area (Å²) >= 11 is 0. The Balaban J connectivity index is 2.03. The first-order chi connectivity index (χ1) is 7.54. The Bertz CT molecular complexity index is 277. The number of rotatable bonds is 4. The lowest BCUT2D eigenvalue weighted by Crippen LogP contribution is -2.42. The van der Waals surface area contributed by atoms with Gasteiger partial charge in [-0.1, -0.05) is 27.7 Å². The summed E-state index contributed by atoms with van der Waals surface area (Å²) in [6, 6.07) is 0.0569. The van der Waals surface area contributed by atoms with Crippen molar-refractivity contribution >= 4 is 5.91 Å². The van der Waals surface area contributed by atoms with E-state index in [-0.39, 0.29) is 12.2 Å². The highest BCUT2D eigenvalue weighted by Gasteiger charge is 2.43. The fourth-order valence-corrected chi connectivity index (χ4v) is 2.66. The number of nitrogens with zero attached hydrogens (tertiary/aromatic N) is 1. The van der Waals surface area contributed by atoms with E-state index >= 15 is 0 Å². The Morgan fingerprint density at radius 3 is 2.56 bits per heavy atom. The van der Waals surface area contributed by atoms with E-state index in [1.807, 2.05) is 0 Å². The van der Waals surface area contributed by atoms with Gasteiger partial charge in [0, 0.05) is 6.54 Å². The van der Waals surface area contributed by atoms with Crippen LogP contribution in [-0.2, 0) is 4.79 Å². The van der Waals surface area contributed by atoms with Crippen molar-refractivity contribution in [1.82, 2.24) is 10.2 Å². The lowest BCUT2D eigenvalue weighted by atomic mass is 10.1. The lowest BCUT2D eigenvalue weighted by Gasteiger charge is -2.27. The van der Waals surface area contributed by atoms with E-state index in [1.165, 1.54) is 6.42 Å². The molecule has 0 aromatic carbocycles. The Kier molecular flexibility index (Phi) is 3.24. The molecule has 4 unspecified atom stereocenters. The average Bonchev–Trinajstić information content (AvgIpc) is 2.81. The van der Waals surface area contributed by atoms with E-state index < -0.39 is 0 Å². The molecule has 2 aliphatic rings. The third-order valence-electron chi connectivity index (χ3n) is 4.04.